The van der Waals surface area contributed by atoms with Crippen LogP contribution in [0.25, 0.3) is 11.4 Å². The molecule has 0 saturated heterocycles. The van der Waals surface area contributed by atoms with Crippen molar-refractivity contribution in [3.8, 4) is 11.4 Å². The lowest BCUT2D eigenvalue weighted by Gasteiger charge is -2.00. The summed E-state index contributed by atoms with van der Waals surface area (Å²) in [6.07, 6.45) is 0.700. The molecule has 90 valence electrons. The third-order valence-electron chi connectivity index (χ3n) is 2.37. The Morgan fingerprint density at radius 1 is 1.53 bits per heavy atom. The van der Waals surface area contributed by atoms with Crippen molar-refractivity contribution >= 4 is 15.9 Å². The van der Waals surface area contributed by atoms with E-state index in [9.17, 15) is 4.39 Å². The van der Waals surface area contributed by atoms with Crippen LogP contribution < -0.4 is 5.73 Å². The number of nitrogens with two attached hydrogens (primary N) is 1. The molecule has 6 heteroatoms. The number of aromatic nitrogens is 2. The maximum atomic E-state index is 13.1. The van der Waals surface area contributed by atoms with Gasteiger partial charge >= 0.3 is 0 Å². The average molecular weight is 300 g/mol. The van der Waals surface area contributed by atoms with Gasteiger partial charge in [-0.1, -0.05) is 28.0 Å². The first-order valence-electron chi connectivity index (χ1n) is 5.16. The second-order valence-corrected chi connectivity index (χ2v) is 4.45. The lowest BCUT2D eigenvalue weighted by Crippen LogP contribution is -2.08. The number of hydrogen-bond donors (Lipinski definition) is 1. The van der Waals surface area contributed by atoms with Crippen LogP contribution in [0.2, 0.25) is 0 Å². The minimum absolute atomic E-state index is 0.288. The predicted octanol–water partition coefficient (Wildman–Crippen LogP) is 3.05. The van der Waals surface area contributed by atoms with Crippen LogP contribution in [0.4, 0.5) is 4.39 Å². The third-order valence-corrected chi connectivity index (χ3v) is 3.06. The molecule has 2 rings (SSSR count). The highest BCUT2D eigenvalue weighted by atomic mass is 79.9. The second-order valence-electron chi connectivity index (χ2n) is 3.60. The smallest absolute Gasteiger partial charge is 0.243 e. The van der Waals surface area contributed by atoms with Crippen molar-refractivity contribution in [3.05, 3.63) is 34.4 Å². The first kappa shape index (κ1) is 12.2. The zero-order chi connectivity index (χ0) is 12.4. The fourth-order valence-corrected chi connectivity index (χ4v) is 1.76. The van der Waals surface area contributed by atoms with E-state index < -0.39 is 0 Å². The Morgan fingerprint density at radius 2 is 2.29 bits per heavy atom. The fourth-order valence-electron chi connectivity index (χ4n) is 1.34. The number of halogens is 2. The quantitative estimate of drug-likeness (QED) is 0.946. The highest BCUT2D eigenvalue weighted by Gasteiger charge is 2.16. The summed E-state index contributed by atoms with van der Waals surface area (Å²) < 4.78 is 18.9. The molecule has 2 aromatic rings. The standard InChI is InChI=1S/C11H11BrFN3O/c1-2-9(14)11-15-10(16-17-11)7-5-6(13)3-4-8(7)12/h3-5,9H,2,14H2,1H3/t9-/m0/s1. The first-order valence-corrected chi connectivity index (χ1v) is 5.95. The van der Waals surface area contributed by atoms with E-state index in [2.05, 4.69) is 26.1 Å². The van der Waals surface area contributed by atoms with Crippen molar-refractivity contribution in [1.29, 1.82) is 0 Å². The van der Waals surface area contributed by atoms with E-state index >= 15 is 0 Å². The molecule has 0 spiro atoms. The van der Waals surface area contributed by atoms with Crippen molar-refractivity contribution in [3.63, 3.8) is 0 Å². The van der Waals surface area contributed by atoms with E-state index in [0.717, 1.165) is 0 Å². The molecule has 1 aromatic carbocycles. The monoisotopic (exact) mass is 299 g/mol. The van der Waals surface area contributed by atoms with Gasteiger partial charge in [0.1, 0.15) is 5.82 Å². The van der Waals surface area contributed by atoms with Gasteiger partial charge < -0.3 is 10.3 Å². The van der Waals surface area contributed by atoms with Gasteiger partial charge in [-0.15, -0.1) is 0 Å². The summed E-state index contributed by atoms with van der Waals surface area (Å²) in [6, 6.07) is 4.01. The van der Waals surface area contributed by atoms with Crippen LogP contribution in [0.1, 0.15) is 25.3 Å². The SMILES string of the molecule is CC[C@H](N)c1nc(-c2cc(F)ccc2Br)no1. The van der Waals surface area contributed by atoms with E-state index in [1.165, 1.54) is 12.1 Å². The summed E-state index contributed by atoms with van der Waals surface area (Å²) in [6.45, 7) is 1.92. The molecular formula is C11H11BrFN3O. The maximum absolute atomic E-state index is 13.1. The van der Waals surface area contributed by atoms with Crippen molar-refractivity contribution in [2.45, 2.75) is 19.4 Å². The number of rotatable bonds is 3. The van der Waals surface area contributed by atoms with E-state index in [0.29, 0.717) is 28.2 Å². The van der Waals surface area contributed by atoms with Crippen molar-refractivity contribution in [2.75, 3.05) is 0 Å². The molecule has 1 heterocycles. The van der Waals surface area contributed by atoms with Crippen LogP contribution in [-0.4, -0.2) is 10.1 Å². The van der Waals surface area contributed by atoms with Crippen LogP contribution in [0.3, 0.4) is 0 Å². The molecule has 0 fully saturated rings. The third kappa shape index (κ3) is 2.53. The minimum Gasteiger partial charge on any atom is -0.337 e. The van der Waals surface area contributed by atoms with Gasteiger partial charge in [0.15, 0.2) is 0 Å². The van der Waals surface area contributed by atoms with Crippen molar-refractivity contribution in [1.82, 2.24) is 10.1 Å². The molecule has 0 aliphatic rings. The topological polar surface area (TPSA) is 64.9 Å². The molecular weight excluding hydrogens is 289 g/mol. The highest BCUT2D eigenvalue weighted by molar-refractivity contribution is 9.10. The molecule has 0 unspecified atom stereocenters. The molecule has 0 aliphatic carbocycles. The Labute approximate surface area is 106 Å². The highest BCUT2D eigenvalue weighted by Crippen LogP contribution is 2.27. The largest absolute Gasteiger partial charge is 0.337 e. The molecule has 2 N–H and O–H groups in total. The molecule has 0 radical (unpaired) electrons. The Balaban J connectivity index is 2.40. The molecule has 1 atom stereocenters. The fraction of sp³-hybridized carbons (Fsp3) is 0.273. The molecule has 0 amide bonds. The summed E-state index contributed by atoms with van der Waals surface area (Å²) in [5.41, 5.74) is 6.32. The Bertz CT molecular complexity index is 529. The van der Waals surface area contributed by atoms with Gasteiger partial charge in [0.05, 0.1) is 6.04 Å². The number of hydrogen-bond acceptors (Lipinski definition) is 4. The summed E-state index contributed by atoms with van der Waals surface area (Å²) in [7, 11) is 0. The van der Waals surface area contributed by atoms with Gasteiger partial charge in [-0.25, -0.2) is 4.39 Å². The van der Waals surface area contributed by atoms with Gasteiger partial charge in [0, 0.05) is 10.0 Å². The van der Waals surface area contributed by atoms with E-state index in [1.54, 1.807) is 6.07 Å². The number of nitrogens with zero attached hydrogens (tertiary/aromatic N) is 2. The minimum atomic E-state index is -0.352. The van der Waals surface area contributed by atoms with Gasteiger partial charge in [-0.2, -0.15) is 4.98 Å². The van der Waals surface area contributed by atoms with Crippen LogP contribution in [0.5, 0.6) is 0 Å². The zero-order valence-corrected chi connectivity index (χ0v) is 10.7. The van der Waals surface area contributed by atoms with Crippen molar-refractivity contribution in [2.24, 2.45) is 5.73 Å². The molecule has 1 aromatic heterocycles. The van der Waals surface area contributed by atoms with Crippen LogP contribution in [0.15, 0.2) is 27.2 Å². The predicted molar refractivity (Wildman–Crippen MR) is 64.6 cm³/mol. The molecule has 0 saturated carbocycles. The number of benzene rings is 1. The lowest BCUT2D eigenvalue weighted by molar-refractivity contribution is 0.352. The van der Waals surface area contributed by atoms with Gasteiger partial charge in [0.2, 0.25) is 11.7 Å². The van der Waals surface area contributed by atoms with E-state index in [4.69, 9.17) is 10.3 Å². The molecule has 0 bridgehead atoms. The van der Waals surface area contributed by atoms with E-state index in [-0.39, 0.29) is 11.9 Å². The Morgan fingerprint density at radius 3 is 3.00 bits per heavy atom. The Kier molecular flexibility index (Phi) is 3.54. The average Bonchev–Trinajstić information content (AvgIpc) is 2.80. The Hall–Kier alpha value is -1.27. The molecule has 0 aliphatic heterocycles. The summed E-state index contributed by atoms with van der Waals surface area (Å²) >= 11 is 3.31. The van der Waals surface area contributed by atoms with E-state index in [1.807, 2.05) is 6.92 Å². The second kappa shape index (κ2) is 4.93. The van der Waals surface area contributed by atoms with Crippen molar-refractivity contribution < 1.29 is 8.91 Å². The van der Waals surface area contributed by atoms with Gasteiger partial charge in [-0.05, 0) is 24.6 Å². The molecule has 17 heavy (non-hydrogen) atoms. The zero-order valence-electron chi connectivity index (χ0n) is 9.15. The van der Waals surface area contributed by atoms with Gasteiger partial charge in [0.25, 0.3) is 0 Å². The lowest BCUT2D eigenvalue weighted by atomic mass is 10.2. The summed E-state index contributed by atoms with van der Waals surface area (Å²) in [4.78, 5) is 4.15. The summed E-state index contributed by atoms with van der Waals surface area (Å²) in [5.74, 6) is 0.336. The van der Waals surface area contributed by atoms with Crippen LogP contribution in [0, 0.1) is 5.82 Å². The summed E-state index contributed by atoms with van der Waals surface area (Å²) in [5, 5.41) is 3.79. The van der Waals surface area contributed by atoms with Gasteiger partial charge in [-0.3, -0.25) is 0 Å². The maximum Gasteiger partial charge on any atom is 0.243 e. The molecule has 4 nitrogen and oxygen atoms in total. The van der Waals surface area contributed by atoms with Crippen LogP contribution in [-0.2, 0) is 0 Å². The van der Waals surface area contributed by atoms with Crippen LogP contribution >= 0.6 is 15.9 Å². The normalized spacial score (nSPS) is 12.7. The first-order chi connectivity index (χ1) is 8.11.